The summed E-state index contributed by atoms with van der Waals surface area (Å²) in [6.45, 7) is 3.50. The summed E-state index contributed by atoms with van der Waals surface area (Å²) in [4.78, 5) is 11.1. The van der Waals surface area contributed by atoms with Gasteiger partial charge in [-0.05, 0) is 18.2 Å². The van der Waals surface area contributed by atoms with E-state index < -0.39 is 5.97 Å². The molecule has 0 amide bonds. The van der Waals surface area contributed by atoms with Crippen LogP contribution in [0, 0.1) is 0 Å². The molecular weight excluding hydrogens is 260 g/mol. The molecule has 0 unspecified atom stereocenters. The normalized spacial score (nSPS) is 15.2. The standard InChI is InChI=1S/C13H10N4O3/c1-7-11(18)6-17(16-12(7)13(19)20)9-2-3-10-8(4-9)5-14-15-10/h2-6,18H,1H2,(H,14,15)(H,19,20). The van der Waals surface area contributed by atoms with Gasteiger partial charge in [-0.25, -0.2) is 9.80 Å². The number of fused-ring (bicyclic) bond motifs is 1. The van der Waals surface area contributed by atoms with Crippen LogP contribution in [0.15, 0.2) is 53.6 Å². The quantitative estimate of drug-likeness (QED) is 0.772. The third-order valence-corrected chi connectivity index (χ3v) is 2.94. The average Bonchev–Trinajstić information content (AvgIpc) is 2.88. The first-order valence-corrected chi connectivity index (χ1v) is 5.71. The van der Waals surface area contributed by atoms with Gasteiger partial charge in [0.1, 0.15) is 5.76 Å². The van der Waals surface area contributed by atoms with Crippen LogP contribution in [0.1, 0.15) is 0 Å². The monoisotopic (exact) mass is 270 g/mol. The first-order chi connectivity index (χ1) is 9.56. The minimum absolute atomic E-state index is 0.0156. The van der Waals surface area contributed by atoms with Crippen molar-refractivity contribution < 1.29 is 15.0 Å². The van der Waals surface area contributed by atoms with Gasteiger partial charge < -0.3 is 10.2 Å². The summed E-state index contributed by atoms with van der Waals surface area (Å²) in [7, 11) is 0. The molecule has 1 aliphatic rings. The van der Waals surface area contributed by atoms with Gasteiger partial charge in [-0.3, -0.25) is 5.10 Å². The van der Waals surface area contributed by atoms with E-state index in [2.05, 4.69) is 21.9 Å². The van der Waals surface area contributed by atoms with Gasteiger partial charge in [-0.1, -0.05) is 6.58 Å². The number of anilines is 1. The Morgan fingerprint density at radius 3 is 2.95 bits per heavy atom. The number of rotatable bonds is 2. The molecule has 3 N–H and O–H groups in total. The van der Waals surface area contributed by atoms with Crippen LogP contribution >= 0.6 is 0 Å². The zero-order valence-corrected chi connectivity index (χ0v) is 10.2. The topological polar surface area (TPSA) is 102 Å². The maximum Gasteiger partial charge on any atom is 0.357 e. The molecule has 0 saturated carbocycles. The number of nitrogens with zero attached hydrogens (tertiary/aromatic N) is 3. The number of aliphatic hydroxyl groups excluding tert-OH is 1. The number of aliphatic hydroxyl groups is 1. The highest BCUT2D eigenvalue weighted by Gasteiger charge is 2.24. The summed E-state index contributed by atoms with van der Waals surface area (Å²) < 4.78 is 0. The Morgan fingerprint density at radius 1 is 1.40 bits per heavy atom. The number of hydrogen-bond acceptors (Lipinski definition) is 5. The van der Waals surface area contributed by atoms with Gasteiger partial charge in [0.25, 0.3) is 0 Å². The van der Waals surface area contributed by atoms with Crippen molar-refractivity contribution in [3.63, 3.8) is 0 Å². The maximum absolute atomic E-state index is 11.1. The first-order valence-electron chi connectivity index (χ1n) is 5.71. The van der Waals surface area contributed by atoms with Crippen LogP contribution in [-0.4, -0.2) is 32.1 Å². The minimum atomic E-state index is -1.25. The van der Waals surface area contributed by atoms with Crippen LogP contribution < -0.4 is 5.01 Å². The Hall–Kier alpha value is -3.09. The third-order valence-electron chi connectivity index (χ3n) is 2.94. The number of hydrogen-bond donors (Lipinski definition) is 3. The Labute approximate surface area is 113 Å². The average molecular weight is 270 g/mol. The molecular formula is C13H10N4O3. The van der Waals surface area contributed by atoms with Crippen molar-refractivity contribution in [3.05, 3.63) is 48.5 Å². The van der Waals surface area contributed by atoms with E-state index in [0.29, 0.717) is 5.69 Å². The molecule has 0 radical (unpaired) electrons. The van der Waals surface area contributed by atoms with Gasteiger partial charge in [0.15, 0.2) is 5.71 Å². The number of aliphatic carboxylic acids is 1. The largest absolute Gasteiger partial charge is 0.506 e. The molecule has 2 heterocycles. The number of carbonyl (C=O) groups is 1. The Morgan fingerprint density at radius 2 is 2.20 bits per heavy atom. The van der Waals surface area contributed by atoms with E-state index in [1.807, 2.05) is 0 Å². The van der Waals surface area contributed by atoms with Crippen molar-refractivity contribution in [2.24, 2.45) is 5.10 Å². The van der Waals surface area contributed by atoms with Gasteiger partial charge in [0, 0.05) is 11.0 Å². The molecule has 0 saturated heterocycles. The Kier molecular flexibility index (Phi) is 2.53. The molecule has 0 atom stereocenters. The summed E-state index contributed by atoms with van der Waals surface area (Å²) in [5.41, 5.74) is 1.15. The number of hydrazone groups is 1. The van der Waals surface area contributed by atoms with Crippen molar-refractivity contribution >= 4 is 28.3 Å². The van der Waals surface area contributed by atoms with E-state index in [4.69, 9.17) is 5.11 Å². The van der Waals surface area contributed by atoms with Crippen LogP contribution in [0.5, 0.6) is 0 Å². The van der Waals surface area contributed by atoms with Crippen molar-refractivity contribution in [2.45, 2.75) is 0 Å². The molecule has 7 nitrogen and oxygen atoms in total. The number of carboxylic acid groups (broad SMARTS) is 1. The van der Waals surface area contributed by atoms with Crippen molar-refractivity contribution in [1.82, 2.24) is 10.2 Å². The lowest BCUT2D eigenvalue weighted by Crippen LogP contribution is -2.26. The number of allylic oxidation sites excluding steroid dienone is 1. The van der Waals surface area contributed by atoms with Crippen molar-refractivity contribution in [1.29, 1.82) is 0 Å². The van der Waals surface area contributed by atoms with Crippen LogP contribution in [0.2, 0.25) is 0 Å². The van der Waals surface area contributed by atoms with E-state index in [-0.39, 0.29) is 17.0 Å². The highest BCUT2D eigenvalue weighted by molar-refractivity contribution is 6.43. The minimum Gasteiger partial charge on any atom is -0.506 e. The van der Waals surface area contributed by atoms with E-state index in [1.54, 1.807) is 24.4 Å². The summed E-state index contributed by atoms with van der Waals surface area (Å²) >= 11 is 0. The molecule has 100 valence electrons. The van der Waals surface area contributed by atoms with Crippen molar-refractivity contribution in [2.75, 3.05) is 5.01 Å². The molecule has 2 aromatic rings. The van der Waals surface area contributed by atoms with Crippen LogP contribution in [-0.2, 0) is 4.79 Å². The molecule has 0 bridgehead atoms. The second-order valence-corrected chi connectivity index (χ2v) is 4.23. The maximum atomic E-state index is 11.1. The fourth-order valence-electron chi connectivity index (χ4n) is 1.89. The molecule has 0 fully saturated rings. The highest BCUT2D eigenvalue weighted by atomic mass is 16.4. The number of H-pyrrole nitrogens is 1. The molecule has 3 rings (SSSR count). The number of carboxylic acids is 1. The summed E-state index contributed by atoms with van der Waals surface area (Å²) in [5, 5.41) is 31.6. The van der Waals surface area contributed by atoms with Crippen LogP contribution in [0.4, 0.5) is 5.69 Å². The first kappa shape index (κ1) is 12.0. The predicted molar refractivity (Wildman–Crippen MR) is 73.5 cm³/mol. The molecule has 7 heteroatoms. The summed E-state index contributed by atoms with van der Waals surface area (Å²) in [5.74, 6) is -1.48. The lowest BCUT2D eigenvalue weighted by Gasteiger charge is -2.21. The molecule has 1 aromatic carbocycles. The van der Waals surface area contributed by atoms with Crippen molar-refractivity contribution in [3.8, 4) is 0 Å². The third kappa shape index (κ3) is 1.81. The fraction of sp³-hybridized carbons (Fsp3) is 0. The van der Waals surface area contributed by atoms with E-state index in [1.165, 1.54) is 11.2 Å². The SMILES string of the molecule is C=C1C(O)=CN(c2ccc3[nH]ncc3c2)N=C1C(=O)O. The lowest BCUT2D eigenvalue weighted by molar-refractivity contribution is -0.129. The second kappa shape index (κ2) is 4.23. The number of benzene rings is 1. The molecule has 0 spiro atoms. The van der Waals surface area contributed by atoms with Gasteiger partial charge in [-0.15, -0.1) is 0 Å². The molecule has 0 aliphatic carbocycles. The van der Waals surface area contributed by atoms with Gasteiger partial charge in [-0.2, -0.15) is 10.2 Å². The highest BCUT2D eigenvalue weighted by Crippen LogP contribution is 2.25. The zero-order chi connectivity index (χ0) is 14.3. The fourth-order valence-corrected chi connectivity index (χ4v) is 1.89. The second-order valence-electron chi connectivity index (χ2n) is 4.23. The van der Waals surface area contributed by atoms with E-state index >= 15 is 0 Å². The zero-order valence-electron chi connectivity index (χ0n) is 10.2. The van der Waals surface area contributed by atoms with Gasteiger partial charge in [0.2, 0.25) is 0 Å². The van der Waals surface area contributed by atoms with Gasteiger partial charge in [0.05, 0.1) is 23.6 Å². The Balaban J connectivity index is 2.08. The van der Waals surface area contributed by atoms with Crippen LogP contribution in [0.25, 0.3) is 10.9 Å². The lowest BCUT2D eigenvalue weighted by atomic mass is 10.1. The number of aromatic amines is 1. The number of aromatic nitrogens is 2. The molecule has 1 aliphatic heterocycles. The Bertz CT molecular complexity index is 788. The molecule has 1 aromatic heterocycles. The van der Waals surface area contributed by atoms with E-state index in [0.717, 1.165) is 10.9 Å². The molecule has 20 heavy (non-hydrogen) atoms. The van der Waals surface area contributed by atoms with E-state index in [9.17, 15) is 9.90 Å². The van der Waals surface area contributed by atoms with Crippen LogP contribution in [0.3, 0.4) is 0 Å². The predicted octanol–water partition coefficient (Wildman–Crippen LogP) is 1.78. The number of nitrogens with one attached hydrogen (secondary N) is 1. The van der Waals surface area contributed by atoms with Gasteiger partial charge >= 0.3 is 5.97 Å². The summed E-state index contributed by atoms with van der Waals surface area (Å²) in [6.07, 6.45) is 2.96. The summed E-state index contributed by atoms with van der Waals surface area (Å²) in [6, 6.07) is 5.31. The smallest absolute Gasteiger partial charge is 0.357 e.